The lowest BCUT2D eigenvalue weighted by Crippen LogP contribution is -2.47. The molecule has 2 N–H and O–H groups in total. The second-order valence-electron chi connectivity index (χ2n) is 16.2. The standard InChI is InChI=1S/C29H45N3.C16H10N10/c1-5-30-24(3)11-14-29(4)15-12-26-22-28(23(2)21-27(26)29)32-19-17-31(18-20-32)16-13-25-9-7-6-8-10-25;17-1-2-19-13-6-15(20-10-14(13)25-4-3-22-24-25)26-16-12(9-23-26)5-11(7-18)8-21-16/h5,21-22,25,30H,1,3,6-20H2,2,4H3;3-6,8-10H,2H2,(H,19,20). The van der Waals surface area contributed by atoms with Gasteiger partial charge >= 0.3 is 0 Å². The molecular weight excluding hydrogens is 723 g/mol. The number of benzene rings is 1. The lowest BCUT2D eigenvalue weighted by Gasteiger charge is -2.38. The monoisotopic (exact) mass is 777 g/mol. The number of hydrogen-bond acceptors (Lipinski definition) is 11. The van der Waals surface area contributed by atoms with Crippen molar-refractivity contribution in [1.82, 2.24) is 45.0 Å². The fourth-order valence-electron chi connectivity index (χ4n) is 8.85. The third-order valence-electron chi connectivity index (χ3n) is 12.2. The highest BCUT2D eigenvalue weighted by atomic mass is 15.4. The summed E-state index contributed by atoms with van der Waals surface area (Å²) >= 11 is 0. The molecule has 0 radical (unpaired) electrons. The Hall–Kier alpha value is -6.05. The molecule has 5 aromatic rings. The smallest absolute Gasteiger partial charge is 0.164 e. The highest BCUT2D eigenvalue weighted by Gasteiger charge is 2.35. The summed E-state index contributed by atoms with van der Waals surface area (Å²) in [5.74, 6) is 1.52. The predicted octanol–water partition coefficient (Wildman–Crippen LogP) is 7.52. The van der Waals surface area contributed by atoms with E-state index in [0.29, 0.717) is 28.4 Å². The number of allylic oxidation sites excluding steroid dienone is 1. The molecule has 2 aliphatic carbocycles. The second-order valence-corrected chi connectivity index (χ2v) is 16.2. The molecule has 8 rings (SSSR count). The first-order chi connectivity index (χ1) is 28.3. The number of nitriles is 2. The van der Waals surface area contributed by atoms with Gasteiger partial charge in [-0.2, -0.15) is 20.3 Å². The summed E-state index contributed by atoms with van der Waals surface area (Å²) in [5.41, 5.74) is 9.78. The number of hydrogen-bond donors (Lipinski definition) is 2. The number of fused-ring (bicyclic) bond motifs is 2. The van der Waals surface area contributed by atoms with Crippen molar-refractivity contribution in [3.63, 3.8) is 0 Å². The van der Waals surface area contributed by atoms with Crippen LogP contribution in [0.4, 0.5) is 11.4 Å². The molecule has 3 aliphatic rings. The molecule has 5 heterocycles. The van der Waals surface area contributed by atoms with Crippen molar-refractivity contribution in [2.45, 2.75) is 83.5 Å². The van der Waals surface area contributed by atoms with Crippen LogP contribution in [0.2, 0.25) is 0 Å². The summed E-state index contributed by atoms with van der Waals surface area (Å²) in [6, 6.07) is 12.6. The van der Waals surface area contributed by atoms with E-state index in [1.54, 1.807) is 63.6 Å². The van der Waals surface area contributed by atoms with Gasteiger partial charge in [0.1, 0.15) is 18.3 Å². The van der Waals surface area contributed by atoms with Crippen LogP contribution in [-0.2, 0) is 11.8 Å². The van der Waals surface area contributed by atoms with Gasteiger partial charge in [-0.25, -0.2) is 14.6 Å². The second kappa shape index (κ2) is 18.5. The first-order valence-corrected chi connectivity index (χ1v) is 20.7. The molecule has 1 aromatic carbocycles. The van der Waals surface area contributed by atoms with Gasteiger partial charge in [-0.1, -0.05) is 63.5 Å². The molecule has 0 amide bonds. The first-order valence-electron chi connectivity index (χ1n) is 20.7. The molecular formula is C45H55N13. The van der Waals surface area contributed by atoms with Gasteiger partial charge in [0.15, 0.2) is 11.5 Å². The number of piperazine rings is 1. The zero-order valence-electron chi connectivity index (χ0n) is 34.0. The molecule has 1 aliphatic heterocycles. The zero-order chi connectivity index (χ0) is 40.5. The van der Waals surface area contributed by atoms with E-state index >= 15 is 0 Å². The Balaban J connectivity index is 0.000000180. The summed E-state index contributed by atoms with van der Waals surface area (Å²) in [6.07, 6.45) is 23.1. The Morgan fingerprint density at radius 3 is 2.59 bits per heavy atom. The summed E-state index contributed by atoms with van der Waals surface area (Å²) in [4.78, 5) is 14.1. The summed E-state index contributed by atoms with van der Waals surface area (Å²) in [5, 5.41) is 36.8. The highest BCUT2D eigenvalue weighted by molar-refractivity contribution is 5.77. The molecule has 13 nitrogen and oxygen atoms in total. The fourth-order valence-corrected chi connectivity index (χ4v) is 8.85. The van der Waals surface area contributed by atoms with Gasteiger partial charge in [0, 0.05) is 55.2 Å². The Kier molecular flexibility index (Phi) is 12.8. The van der Waals surface area contributed by atoms with Gasteiger partial charge in [-0.3, -0.25) is 4.90 Å². The number of pyridine rings is 2. The van der Waals surface area contributed by atoms with Gasteiger partial charge in [0.25, 0.3) is 0 Å². The number of aryl methyl sites for hydroxylation is 2. The van der Waals surface area contributed by atoms with Gasteiger partial charge < -0.3 is 15.5 Å². The van der Waals surface area contributed by atoms with E-state index in [-0.39, 0.29) is 12.0 Å². The van der Waals surface area contributed by atoms with Crippen LogP contribution in [0.5, 0.6) is 0 Å². The van der Waals surface area contributed by atoms with E-state index in [9.17, 15) is 0 Å². The maximum absolute atomic E-state index is 8.98. The topological polar surface area (TPSA) is 152 Å². The maximum Gasteiger partial charge on any atom is 0.164 e. The Bertz CT molecular complexity index is 2280. The Morgan fingerprint density at radius 1 is 1.02 bits per heavy atom. The fraction of sp³-hybridized carbons (Fsp3) is 0.444. The molecule has 1 saturated carbocycles. The van der Waals surface area contributed by atoms with E-state index in [4.69, 9.17) is 10.5 Å². The van der Waals surface area contributed by atoms with E-state index in [0.717, 1.165) is 29.8 Å². The summed E-state index contributed by atoms with van der Waals surface area (Å²) < 4.78 is 3.12. The number of aromatic nitrogens is 7. The molecule has 1 atom stereocenters. The van der Waals surface area contributed by atoms with Gasteiger partial charge in [0.2, 0.25) is 0 Å². The predicted molar refractivity (Wildman–Crippen MR) is 229 cm³/mol. The minimum absolute atomic E-state index is 0.120. The van der Waals surface area contributed by atoms with Crippen LogP contribution in [0.3, 0.4) is 0 Å². The van der Waals surface area contributed by atoms with Gasteiger partial charge in [0.05, 0.1) is 42.1 Å². The van der Waals surface area contributed by atoms with Crippen molar-refractivity contribution in [2.24, 2.45) is 5.92 Å². The Labute approximate surface area is 342 Å². The normalized spacial score (nSPS) is 18.1. The van der Waals surface area contributed by atoms with Crippen molar-refractivity contribution in [3.8, 4) is 23.6 Å². The van der Waals surface area contributed by atoms with Gasteiger partial charge in [-0.15, -0.1) is 5.10 Å². The lowest BCUT2D eigenvalue weighted by molar-refractivity contribution is 0.221. The molecule has 0 bridgehead atoms. The van der Waals surface area contributed by atoms with Crippen LogP contribution in [0.1, 0.15) is 87.0 Å². The van der Waals surface area contributed by atoms with Crippen molar-refractivity contribution >= 4 is 22.4 Å². The number of anilines is 2. The molecule has 4 aromatic heterocycles. The van der Waals surface area contributed by atoms with E-state index < -0.39 is 0 Å². The first kappa shape index (κ1) is 40.2. The van der Waals surface area contributed by atoms with E-state index in [2.05, 4.69) is 91.0 Å². The summed E-state index contributed by atoms with van der Waals surface area (Å²) in [6.45, 7) is 18.9. The van der Waals surface area contributed by atoms with Crippen molar-refractivity contribution in [2.75, 3.05) is 49.5 Å². The molecule has 2 fully saturated rings. The number of nitrogens with one attached hydrogen (secondary N) is 2. The van der Waals surface area contributed by atoms with E-state index in [1.165, 1.54) is 102 Å². The molecule has 300 valence electrons. The van der Waals surface area contributed by atoms with Crippen LogP contribution in [0, 0.1) is 35.5 Å². The van der Waals surface area contributed by atoms with E-state index in [1.807, 2.05) is 6.07 Å². The Morgan fingerprint density at radius 2 is 1.84 bits per heavy atom. The van der Waals surface area contributed by atoms with Crippen molar-refractivity contribution in [3.05, 3.63) is 103 Å². The third-order valence-corrected chi connectivity index (χ3v) is 12.2. The largest absolute Gasteiger partial charge is 0.370 e. The SMILES string of the molecule is C=CNC(=C)CCC1(C)CCc2cc(N3CCN(CCC4CCCCC4)CC3)c(C)cc21.N#CCNc1cc(-n2ncc3cc(C#N)cnc32)ncc1-n1ccnn1. The summed E-state index contributed by atoms with van der Waals surface area (Å²) in [7, 11) is 0. The van der Waals surface area contributed by atoms with Crippen LogP contribution in [0.25, 0.3) is 22.5 Å². The minimum atomic E-state index is 0.120. The minimum Gasteiger partial charge on any atom is -0.370 e. The van der Waals surface area contributed by atoms with Gasteiger partial charge in [-0.05, 0) is 91.9 Å². The average molecular weight is 778 g/mol. The van der Waals surface area contributed by atoms with Crippen molar-refractivity contribution in [1.29, 1.82) is 10.5 Å². The average Bonchev–Trinajstić information content (AvgIpc) is 4.02. The lowest BCUT2D eigenvalue weighted by atomic mass is 9.79. The highest BCUT2D eigenvalue weighted by Crippen LogP contribution is 2.45. The van der Waals surface area contributed by atoms with Crippen LogP contribution in [-0.4, -0.2) is 78.9 Å². The van der Waals surface area contributed by atoms with Crippen LogP contribution in [0.15, 0.2) is 80.3 Å². The molecule has 0 spiro atoms. The molecule has 1 saturated heterocycles. The molecule has 1 unspecified atom stereocenters. The van der Waals surface area contributed by atoms with Crippen molar-refractivity contribution < 1.29 is 0 Å². The quantitative estimate of drug-likeness (QED) is 0.114. The number of rotatable bonds is 13. The molecule has 58 heavy (non-hydrogen) atoms. The third kappa shape index (κ3) is 9.22. The maximum atomic E-state index is 8.98. The zero-order valence-corrected chi connectivity index (χ0v) is 34.0. The molecule has 13 heteroatoms. The van der Waals surface area contributed by atoms with Crippen LogP contribution >= 0.6 is 0 Å². The van der Waals surface area contributed by atoms with Crippen LogP contribution < -0.4 is 15.5 Å². The number of nitrogens with zero attached hydrogens (tertiary/aromatic N) is 11.